The number of carbonyl (C=O) groups is 2. The van der Waals surface area contributed by atoms with E-state index in [1.54, 1.807) is 24.3 Å². The smallest absolute Gasteiger partial charge is 0.253 e. The highest BCUT2D eigenvalue weighted by Gasteiger charge is 2.19. The third kappa shape index (κ3) is 5.19. The van der Waals surface area contributed by atoms with Crippen molar-refractivity contribution < 1.29 is 9.59 Å². The van der Waals surface area contributed by atoms with Gasteiger partial charge in [-0.1, -0.05) is 39.8 Å². The minimum atomic E-state index is -0.600. The molecule has 0 aromatic heterocycles. The molecular weight excluding hydrogens is 266 g/mol. The van der Waals surface area contributed by atoms with Crippen LogP contribution in [-0.4, -0.2) is 24.4 Å². The summed E-state index contributed by atoms with van der Waals surface area (Å²) < 4.78 is 0. The maximum Gasteiger partial charge on any atom is 0.253 e. The molecule has 1 rings (SSSR count). The van der Waals surface area contributed by atoms with Crippen LogP contribution >= 0.6 is 0 Å². The number of rotatable bonds is 6. The van der Waals surface area contributed by atoms with E-state index >= 15 is 0 Å². The van der Waals surface area contributed by atoms with Crippen LogP contribution in [0.15, 0.2) is 24.3 Å². The third-order valence-corrected chi connectivity index (χ3v) is 3.12. The normalized spacial score (nSPS) is 12.3. The molecule has 4 N–H and O–H groups in total. The third-order valence-electron chi connectivity index (χ3n) is 3.12. The van der Waals surface area contributed by atoms with Gasteiger partial charge in [0.25, 0.3) is 5.91 Å². The summed E-state index contributed by atoms with van der Waals surface area (Å²) in [5, 5.41) is 5.58. The van der Waals surface area contributed by atoms with E-state index in [9.17, 15) is 9.59 Å². The number of hydrogen-bond acceptors (Lipinski definition) is 3. The molecule has 116 valence electrons. The fourth-order valence-corrected chi connectivity index (χ4v) is 1.70. The van der Waals surface area contributed by atoms with Gasteiger partial charge in [0.1, 0.15) is 0 Å². The van der Waals surface area contributed by atoms with E-state index < -0.39 is 6.04 Å². The molecule has 0 saturated heterocycles. The molecule has 21 heavy (non-hydrogen) atoms. The van der Waals surface area contributed by atoms with Gasteiger partial charge < -0.3 is 16.4 Å². The number of hydrogen-bond donors (Lipinski definition) is 3. The Morgan fingerprint density at radius 2 is 1.76 bits per heavy atom. The number of amides is 2. The quantitative estimate of drug-likeness (QED) is 0.749. The molecule has 0 bridgehead atoms. The molecule has 0 unspecified atom stereocenters. The molecule has 1 atom stereocenters. The Balaban J connectivity index is 2.84. The van der Waals surface area contributed by atoms with E-state index in [0.29, 0.717) is 23.7 Å². The molecule has 0 aliphatic carbocycles. The van der Waals surface area contributed by atoms with Crippen molar-refractivity contribution in [1.29, 1.82) is 0 Å². The number of anilines is 1. The van der Waals surface area contributed by atoms with E-state index in [4.69, 9.17) is 5.73 Å². The summed E-state index contributed by atoms with van der Waals surface area (Å²) in [5.41, 5.74) is 6.75. The second-order valence-corrected chi connectivity index (χ2v) is 5.91. The van der Waals surface area contributed by atoms with E-state index in [2.05, 4.69) is 10.6 Å². The Hall–Kier alpha value is -1.88. The average Bonchev–Trinajstić information content (AvgIpc) is 2.44. The van der Waals surface area contributed by atoms with Crippen molar-refractivity contribution in [3.05, 3.63) is 29.8 Å². The van der Waals surface area contributed by atoms with Crippen LogP contribution in [0, 0.1) is 11.8 Å². The van der Waals surface area contributed by atoms with Crippen LogP contribution in [0.1, 0.15) is 38.1 Å². The van der Waals surface area contributed by atoms with Crippen LogP contribution in [0.25, 0.3) is 0 Å². The lowest BCUT2D eigenvalue weighted by molar-refractivity contribution is -0.118. The summed E-state index contributed by atoms with van der Waals surface area (Å²) in [6, 6.07) is 6.33. The Labute approximate surface area is 126 Å². The lowest BCUT2D eigenvalue weighted by atomic mass is 10.0. The summed E-state index contributed by atoms with van der Waals surface area (Å²) in [6.07, 6.45) is 0. The lowest BCUT2D eigenvalue weighted by Gasteiger charge is -2.17. The molecule has 0 heterocycles. The van der Waals surface area contributed by atoms with E-state index in [1.165, 1.54) is 0 Å². The maximum absolute atomic E-state index is 12.2. The summed E-state index contributed by atoms with van der Waals surface area (Å²) in [6.45, 7) is 8.40. The van der Waals surface area contributed by atoms with E-state index in [0.717, 1.165) is 0 Å². The molecule has 1 aromatic carbocycles. The van der Waals surface area contributed by atoms with Gasteiger partial charge in [0.2, 0.25) is 5.91 Å². The first kappa shape index (κ1) is 17.2. The van der Waals surface area contributed by atoms with Crippen LogP contribution in [0.5, 0.6) is 0 Å². The highest BCUT2D eigenvalue weighted by Crippen LogP contribution is 2.16. The van der Waals surface area contributed by atoms with Gasteiger partial charge in [-0.05, 0) is 24.0 Å². The molecule has 0 aliphatic heterocycles. The zero-order chi connectivity index (χ0) is 16.0. The summed E-state index contributed by atoms with van der Waals surface area (Å²) in [5.74, 6) is -0.0798. The zero-order valence-electron chi connectivity index (χ0n) is 13.1. The lowest BCUT2D eigenvalue weighted by Crippen LogP contribution is -2.40. The monoisotopic (exact) mass is 291 g/mol. The number of carbonyl (C=O) groups excluding carboxylic acids is 2. The Kier molecular flexibility index (Phi) is 6.37. The van der Waals surface area contributed by atoms with Gasteiger partial charge in [0.15, 0.2) is 0 Å². The molecule has 5 heteroatoms. The second kappa shape index (κ2) is 7.78. The Bertz CT molecular complexity index is 498. The maximum atomic E-state index is 12.2. The van der Waals surface area contributed by atoms with Gasteiger partial charge in [0.05, 0.1) is 17.3 Å². The SMILES string of the molecule is CC(C)CNC(=O)c1ccccc1NC(=O)[C@H](N)C(C)C. The molecule has 0 radical (unpaired) electrons. The Morgan fingerprint density at radius 1 is 1.14 bits per heavy atom. The minimum absolute atomic E-state index is 0.0342. The standard InChI is InChI=1S/C16H25N3O2/c1-10(2)9-18-15(20)12-7-5-6-8-13(12)19-16(21)14(17)11(3)4/h5-8,10-11,14H,9,17H2,1-4H3,(H,18,20)(H,19,21)/t14-/m1/s1. The first-order valence-electron chi connectivity index (χ1n) is 7.26. The van der Waals surface area contributed by atoms with Gasteiger partial charge in [-0.15, -0.1) is 0 Å². The highest BCUT2D eigenvalue weighted by atomic mass is 16.2. The summed E-state index contributed by atoms with van der Waals surface area (Å²) in [7, 11) is 0. The fraction of sp³-hybridized carbons (Fsp3) is 0.500. The van der Waals surface area contributed by atoms with E-state index in [-0.39, 0.29) is 17.7 Å². The van der Waals surface area contributed by atoms with Gasteiger partial charge in [-0.2, -0.15) is 0 Å². The van der Waals surface area contributed by atoms with E-state index in [1.807, 2.05) is 27.7 Å². The minimum Gasteiger partial charge on any atom is -0.352 e. The van der Waals surface area contributed by atoms with Crippen LogP contribution < -0.4 is 16.4 Å². The van der Waals surface area contributed by atoms with Crippen molar-refractivity contribution in [1.82, 2.24) is 5.32 Å². The predicted octanol–water partition coefficient (Wildman–Crippen LogP) is 1.99. The highest BCUT2D eigenvalue weighted by molar-refractivity contribution is 6.04. The molecule has 0 saturated carbocycles. The molecule has 0 aliphatic rings. The topological polar surface area (TPSA) is 84.2 Å². The summed E-state index contributed by atoms with van der Waals surface area (Å²) >= 11 is 0. The molecule has 0 spiro atoms. The van der Waals surface area contributed by atoms with Crippen LogP contribution in [0.2, 0.25) is 0 Å². The first-order chi connectivity index (χ1) is 9.82. The number of nitrogens with two attached hydrogens (primary N) is 1. The van der Waals surface area contributed by atoms with Crippen LogP contribution in [0.3, 0.4) is 0 Å². The number of para-hydroxylation sites is 1. The second-order valence-electron chi connectivity index (χ2n) is 5.91. The van der Waals surface area contributed by atoms with Crippen LogP contribution in [0.4, 0.5) is 5.69 Å². The molecule has 2 amide bonds. The molecule has 0 fully saturated rings. The van der Waals surface area contributed by atoms with Gasteiger partial charge in [0, 0.05) is 6.54 Å². The number of benzene rings is 1. The molecular formula is C16H25N3O2. The van der Waals surface area contributed by atoms with Crippen LogP contribution in [-0.2, 0) is 4.79 Å². The van der Waals surface area contributed by atoms with Gasteiger partial charge in [-0.3, -0.25) is 9.59 Å². The van der Waals surface area contributed by atoms with Crippen molar-refractivity contribution >= 4 is 17.5 Å². The number of nitrogens with one attached hydrogen (secondary N) is 2. The fourth-order valence-electron chi connectivity index (χ4n) is 1.70. The average molecular weight is 291 g/mol. The van der Waals surface area contributed by atoms with Crippen molar-refractivity contribution in [3.63, 3.8) is 0 Å². The largest absolute Gasteiger partial charge is 0.352 e. The summed E-state index contributed by atoms with van der Waals surface area (Å²) in [4.78, 5) is 24.2. The predicted molar refractivity (Wildman–Crippen MR) is 85.1 cm³/mol. The van der Waals surface area contributed by atoms with Crippen molar-refractivity contribution in [2.45, 2.75) is 33.7 Å². The molecule has 1 aromatic rings. The zero-order valence-corrected chi connectivity index (χ0v) is 13.1. The van der Waals surface area contributed by atoms with Crippen molar-refractivity contribution in [2.75, 3.05) is 11.9 Å². The van der Waals surface area contributed by atoms with Crippen molar-refractivity contribution in [3.8, 4) is 0 Å². The first-order valence-corrected chi connectivity index (χ1v) is 7.26. The van der Waals surface area contributed by atoms with Gasteiger partial charge >= 0.3 is 0 Å². The molecule has 5 nitrogen and oxygen atoms in total. The Morgan fingerprint density at radius 3 is 2.33 bits per heavy atom. The van der Waals surface area contributed by atoms with Gasteiger partial charge in [-0.25, -0.2) is 0 Å². The van der Waals surface area contributed by atoms with Crippen molar-refractivity contribution in [2.24, 2.45) is 17.6 Å².